The standard InChI is InChI=1S/C12H9BrFNO/c13-10-5-6-12(15-7-10)16-8-9-3-1-2-4-11(9)14/h1-7H,8H2. The van der Waals surface area contributed by atoms with Crippen LogP contribution in [0, 0.1) is 5.82 Å². The first kappa shape index (κ1) is 11.1. The molecule has 0 atom stereocenters. The summed E-state index contributed by atoms with van der Waals surface area (Å²) in [6.45, 7) is 0.182. The number of benzene rings is 1. The van der Waals surface area contributed by atoms with Crippen LogP contribution >= 0.6 is 15.9 Å². The molecular weight excluding hydrogens is 273 g/mol. The number of hydrogen-bond donors (Lipinski definition) is 0. The predicted molar refractivity (Wildman–Crippen MR) is 62.7 cm³/mol. The van der Waals surface area contributed by atoms with Crippen LogP contribution in [0.4, 0.5) is 4.39 Å². The van der Waals surface area contributed by atoms with Crippen molar-refractivity contribution in [3.05, 3.63) is 58.4 Å². The molecule has 2 nitrogen and oxygen atoms in total. The van der Waals surface area contributed by atoms with Crippen LogP contribution in [0.5, 0.6) is 5.88 Å². The second kappa shape index (κ2) is 5.07. The fraction of sp³-hybridized carbons (Fsp3) is 0.0833. The lowest BCUT2D eigenvalue weighted by atomic mass is 10.2. The van der Waals surface area contributed by atoms with Crippen molar-refractivity contribution in [2.75, 3.05) is 0 Å². The topological polar surface area (TPSA) is 22.1 Å². The lowest BCUT2D eigenvalue weighted by Gasteiger charge is -2.05. The van der Waals surface area contributed by atoms with E-state index in [2.05, 4.69) is 20.9 Å². The molecule has 0 aliphatic rings. The van der Waals surface area contributed by atoms with Crippen LogP contribution in [0.15, 0.2) is 47.1 Å². The average molecular weight is 282 g/mol. The molecule has 0 saturated carbocycles. The van der Waals surface area contributed by atoms with Gasteiger partial charge in [0.25, 0.3) is 0 Å². The van der Waals surface area contributed by atoms with E-state index in [1.165, 1.54) is 6.07 Å². The fourth-order valence-corrected chi connectivity index (χ4v) is 1.45. The molecule has 0 amide bonds. The van der Waals surface area contributed by atoms with Gasteiger partial charge in [0.2, 0.25) is 5.88 Å². The molecule has 0 N–H and O–H groups in total. The lowest BCUT2D eigenvalue weighted by Crippen LogP contribution is -1.99. The monoisotopic (exact) mass is 281 g/mol. The van der Waals surface area contributed by atoms with Gasteiger partial charge >= 0.3 is 0 Å². The maximum atomic E-state index is 13.2. The van der Waals surface area contributed by atoms with E-state index in [0.29, 0.717) is 11.4 Å². The van der Waals surface area contributed by atoms with Crippen LogP contribution in [-0.2, 0) is 6.61 Å². The third kappa shape index (κ3) is 2.79. The third-order valence-electron chi connectivity index (χ3n) is 2.03. The van der Waals surface area contributed by atoms with E-state index in [-0.39, 0.29) is 12.4 Å². The maximum Gasteiger partial charge on any atom is 0.213 e. The van der Waals surface area contributed by atoms with Crippen LogP contribution in [0.3, 0.4) is 0 Å². The van der Waals surface area contributed by atoms with Gasteiger partial charge in [-0.1, -0.05) is 18.2 Å². The van der Waals surface area contributed by atoms with Gasteiger partial charge in [-0.05, 0) is 28.1 Å². The van der Waals surface area contributed by atoms with Crippen molar-refractivity contribution < 1.29 is 9.13 Å². The quantitative estimate of drug-likeness (QED) is 0.858. The molecule has 2 aromatic rings. The highest BCUT2D eigenvalue weighted by atomic mass is 79.9. The van der Waals surface area contributed by atoms with Gasteiger partial charge in [0, 0.05) is 22.3 Å². The Morgan fingerprint density at radius 1 is 1.19 bits per heavy atom. The highest BCUT2D eigenvalue weighted by Gasteiger charge is 2.01. The first-order valence-electron chi connectivity index (χ1n) is 4.73. The minimum absolute atomic E-state index is 0.182. The first-order chi connectivity index (χ1) is 7.75. The summed E-state index contributed by atoms with van der Waals surface area (Å²) in [6, 6.07) is 10.1. The molecule has 0 aliphatic heterocycles. The zero-order valence-corrected chi connectivity index (χ0v) is 9.95. The maximum absolute atomic E-state index is 13.2. The molecule has 1 heterocycles. The molecule has 0 fully saturated rings. The van der Waals surface area contributed by atoms with Crippen LogP contribution < -0.4 is 4.74 Å². The second-order valence-electron chi connectivity index (χ2n) is 3.19. The van der Waals surface area contributed by atoms with Crippen molar-refractivity contribution in [3.8, 4) is 5.88 Å². The molecule has 0 aliphatic carbocycles. The number of hydrogen-bond acceptors (Lipinski definition) is 2. The summed E-state index contributed by atoms with van der Waals surface area (Å²) in [5, 5.41) is 0. The number of pyridine rings is 1. The van der Waals surface area contributed by atoms with E-state index in [1.54, 1.807) is 30.5 Å². The van der Waals surface area contributed by atoms with Gasteiger partial charge in [-0.2, -0.15) is 0 Å². The molecule has 1 aromatic heterocycles. The van der Waals surface area contributed by atoms with Crippen LogP contribution in [-0.4, -0.2) is 4.98 Å². The minimum Gasteiger partial charge on any atom is -0.473 e. The molecule has 0 radical (unpaired) electrons. The van der Waals surface area contributed by atoms with E-state index in [1.807, 2.05) is 6.07 Å². The van der Waals surface area contributed by atoms with Gasteiger partial charge in [0.05, 0.1) is 0 Å². The summed E-state index contributed by atoms with van der Waals surface area (Å²) in [5.41, 5.74) is 0.521. The number of nitrogens with zero attached hydrogens (tertiary/aromatic N) is 1. The Morgan fingerprint density at radius 3 is 2.69 bits per heavy atom. The zero-order chi connectivity index (χ0) is 11.4. The Kier molecular flexibility index (Phi) is 3.51. The van der Waals surface area contributed by atoms with Gasteiger partial charge in [-0.25, -0.2) is 9.37 Å². The van der Waals surface area contributed by atoms with Gasteiger partial charge in [-0.15, -0.1) is 0 Å². The molecule has 4 heteroatoms. The van der Waals surface area contributed by atoms with Crippen molar-refractivity contribution in [1.29, 1.82) is 0 Å². The fourth-order valence-electron chi connectivity index (χ4n) is 1.21. The molecule has 0 spiro atoms. The highest BCUT2D eigenvalue weighted by molar-refractivity contribution is 9.10. The Labute approximate surface area is 101 Å². The van der Waals surface area contributed by atoms with Crippen LogP contribution in [0.25, 0.3) is 0 Å². The zero-order valence-electron chi connectivity index (χ0n) is 8.36. The van der Waals surface area contributed by atoms with Gasteiger partial charge in [0.15, 0.2) is 0 Å². The van der Waals surface area contributed by atoms with E-state index < -0.39 is 0 Å². The van der Waals surface area contributed by atoms with Crippen molar-refractivity contribution in [3.63, 3.8) is 0 Å². The number of aromatic nitrogens is 1. The number of ether oxygens (including phenoxy) is 1. The Bertz CT molecular complexity index is 473. The van der Waals surface area contributed by atoms with E-state index >= 15 is 0 Å². The minimum atomic E-state index is -0.264. The third-order valence-corrected chi connectivity index (χ3v) is 2.50. The molecule has 2 rings (SSSR count). The summed E-state index contributed by atoms with van der Waals surface area (Å²) < 4.78 is 19.5. The lowest BCUT2D eigenvalue weighted by molar-refractivity contribution is 0.288. The molecule has 1 aromatic carbocycles. The van der Waals surface area contributed by atoms with Crippen LogP contribution in [0.1, 0.15) is 5.56 Å². The molecule has 0 unspecified atom stereocenters. The Morgan fingerprint density at radius 2 is 2.00 bits per heavy atom. The molecule has 16 heavy (non-hydrogen) atoms. The van der Waals surface area contributed by atoms with Crippen molar-refractivity contribution in [2.45, 2.75) is 6.61 Å². The molecular formula is C12H9BrFNO. The number of halogens is 2. The van der Waals surface area contributed by atoms with Gasteiger partial charge in [0.1, 0.15) is 12.4 Å². The van der Waals surface area contributed by atoms with E-state index in [9.17, 15) is 4.39 Å². The summed E-state index contributed by atoms with van der Waals surface area (Å²) in [7, 11) is 0. The average Bonchev–Trinajstić information content (AvgIpc) is 2.30. The van der Waals surface area contributed by atoms with Crippen LogP contribution in [0.2, 0.25) is 0 Å². The predicted octanol–water partition coefficient (Wildman–Crippen LogP) is 3.56. The summed E-state index contributed by atoms with van der Waals surface area (Å²) in [4.78, 5) is 4.03. The second-order valence-corrected chi connectivity index (χ2v) is 4.11. The summed E-state index contributed by atoms with van der Waals surface area (Å²) >= 11 is 3.28. The van der Waals surface area contributed by atoms with Gasteiger partial charge < -0.3 is 4.74 Å². The van der Waals surface area contributed by atoms with Crippen molar-refractivity contribution in [2.24, 2.45) is 0 Å². The van der Waals surface area contributed by atoms with E-state index in [0.717, 1.165) is 4.47 Å². The van der Waals surface area contributed by atoms with E-state index in [4.69, 9.17) is 4.74 Å². The van der Waals surface area contributed by atoms with Crippen molar-refractivity contribution in [1.82, 2.24) is 4.98 Å². The Balaban J connectivity index is 2.02. The largest absolute Gasteiger partial charge is 0.473 e. The smallest absolute Gasteiger partial charge is 0.213 e. The normalized spacial score (nSPS) is 10.1. The molecule has 82 valence electrons. The summed E-state index contributed by atoms with van der Waals surface area (Å²) in [6.07, 6.45) is 1.64. The summed E-state index contributed by atoms with van der Waals surface area (Å²) in [5.74, 6) is 0.214. The number of rotatable bonds is 3. The highest BCUT2D eigenvalue weighted by Crippen LogP contribution is 2.14. The Hall–Kier alpha value is -1.42. The first-order valence-corrected chi connectivity index (χ1v) is 5.53. The van der Waals surface area contributed by atoms with Gasteiger partial charge in [-0.3, -0.25) is 0 Å². The SMILES string of the molecule is Fc1ccccc1COc1ccc(Br)cn1. The molecule has 0 saturated heterocycles. The van der Waals surface area contributed by atoms with Crippen molar-refractivity contribution >= 4 is 15.9 Å². The molecule has 0 bridgehead atoms.